The first kappa shape index (κ1) is 23.2. The predicted molar refractivity (Wildman–Crippen MR) is 144 cm³/mol. The Morgan fingerprint density at radius 3 is 2.47 bits per heavy atom. The third kappa shape index (κ3) is 4.19. The zero-order valence-corrected chi connectivity index (χ0v) is 20.4. The lowest BCUT2D eigenvalue weighted by atomic mass is 10.1. The summed E-state index contributed by atoms with van der Waals surface area (Å²) >= 11 is 5.34. The fraction of sp³-hybridized carbons (Fsp3) is 0.103. The van der Waals surface area contributed by atoms with Gasteiger partial charge in [-0.2, -0.15) is 5.26 Å². The maximum Gasteiger partial charge on any atom is 0.270 e. The first-order valence-corrected chi connectivity index (χ1v) is 12.0. The number of thiocarbonyl (C=S) groups is 1. The van der Waals surface area contributed by atoms with E-state index in [1.807, 2.05) is 77.5 Å². The lowest BCUT2D eigenvalue weighted by molar-refractivity contribution is -0.122. The second kappa shape index (κ2) is 9.61. The lowest BCUT2D eigenvalue weighted by Crippen LogP contribution is -2.54. The van der Waals surface area contributed by atoms with Crippen molar-refractivity contribution in [3.63, 3.8) is 0 Å². The molecule has 2 heterocycles. The molecule has 7 heteroatoms. The van der Waals surface area contributed by atoms with Gasteiger partial charge in [0.2, 0.25) is 0 Å². The summed E-state index contributed by atoms with van der Waals surface area (Å²) in [6.07, 6.45) is 4.39. The number of amides is 2. The van der Waals surface area contributed by atoms with Crippen molar-refractivity contribution >= 4 is 51.8 Å². The monoisotopic (exact) mass is 490 g/mol. The van der Waals surface area contributed by atoms with Gasteiger partial charge >= 0.3 is 0 Å². The number of benzene rings is 3. The average molecular weight is 491 g/mol. The highest BCUT2D eigenvalue weighted by molar-refractivity contribution is 7.80. The van der Waals surface area contributed by atoms with E-state index < -0.39 is 11.8 Å². The predicted octanol–water partition coefficient (Wildman–Crippen LogP) is 4.95. The maximum atomic E-state index is 13.5. The molecule has 36 heavy (non-hydrogen) atoms. The van der Waals surface area contributed by atoms with Crippen LogP contribution >= 0.6 is 12.2 Å². The third-order valence-corrected chi connectivity index (χ3v) is 6.59. The Bertz CT molecular complexity index is 1590. The third-order valence-electron chi connectivity index (χ3n) is 6.30. The summed E-state index contributed by atoms with van der Waals surface area (Å²) in [7, 11) is 0. The van der Waals surface area contributed by atoms with Gasteiger partial charge in [0.15, 0.2) is 5.11 Å². The standard InChI is InChI=1S/C29H22N4O2S/c1-2-19-11-13-23(14-12-19)33-28(35)25(27(34)31-29(33)36)15-22-18-32(26-10-6-5-9-24(22)26)17-21-8-4-3-7-20(21)16-30/h3-15,18H,2,17H2,1H3,(H,31,34,36)/b25-15+. The molecule has 0 aliphatic carbocycles. The van der Waals surface area contributed by atoms with E-state index in [0.29, 0.717) is 17.8 Å². The fourth-order valence-electron chi connectivity index (χ4n) is 4.40. The molecule has 4 aromatic rings. The van der Waals surface area contributed by atoms with Crippen molar-refractivity contribution in [3.8, 4) is 6.07 Å². The van der Waals surface area contributed by atoms with Crippen LogP contribution in [0.3, 0.4) is 0 Å². The van der Waals surface area contributed by atoms with Gasteiger partial charge in [0, 0.05) is 29.2 Å². The molecule has 5 rings (SSSR count). The molecule has 0 bridgehead atoms. The molecule has 2 amide bonds. The van der Waals surface area contributed by atoms with E-state index in [-0.39, 0.29) is 10.7 Å². The molecule has 6 nitrogen and oxygen atoms in total. The van der Waals surface area contributed by atoms with Crippen LogP contribution in [-0.2, 0) is 22.6 Å². The summed E-state index contributed by atoms with van der Waals surface area (Å²) in [6, 6.07) is 25.0. The van der Waals surface area contributed by atoms with Gasteiger partial charge < -0.3 is 4.57 Å². The number of nitrogens with one attached hydrogen (secondary N) is 1. The number of aromatic nitrogens is 1. The number of nitriles is 1. The largest absolute Gasteiger partial charge is 0.342 e. The summed E-state index contributed by atoms with van der Waals surface area (Å²) in [6.45, 7) is 2.54. The Labute approximate surface area is 214 Å². The van der Waals surface area contributed by atoms with Crippen molar-refractivity contribution in [1.29, 1.82) is 5.26 Å². The Balaban J connectivity index is 1.56. The summed E-state index contributed by atoms with van der Waals surface area (Å²) in [5.41, 5.74) is 4.90. The highest BCUT2D eigenvalue weighted by Gasteiger charge is 2.34. The van der Waals surface area contributed by atoms with Crippen molar-refractivity contribution in [2.75, 3.05) is 4.90 Å². The van der Waals surface area contributed by atoms with Crippen molar-refractivity contribution in [2.45, 2.75) is 19.9 Å². The zero-order valence-electron chi connectivity index (χ0n) is 19.6. The summed E-state index contributed by atoms with van der Waals surface area (Å²) < 4.78 is 2.02. The van der Waals surface area contributed by atoms with Gasteiger partial charge in [-0.1, -0.05) is 55.5 Å². The van der Waals surface area contributed by atoms with Crippen LogP contribution in [0.4, 0.5) is 5.69 Å². The number of carbonyl (C=O) groups is 2. The quantitative estimate of drug-likeness (QED) is 0.244. The highest BCUT2D eigenvalue weighted by atomic mass is 32.1. The number of fused-ring (bicyclic) bond motifs is 1. The average Bonchev–Trinajstić information content (AvgIpc) is 3.24. The molecule has 1 aliphatic heterocycles. The van der Waals surface area contributed by atoms with E-state index in [0.717, 1.165) is 34.0 Å². The van der Waals surface area contributed by atoms with Gasteiger partial charge in [-0.15, -0.1) is 0 Å². The highest BCUT2D eigenvalue weighted by Crippen LogP contribution is 2.28. The smallest absolute Gasteiger partial charge is 0.270 e. The number of anilines is 1. The van der Waals surface area contributed by atoms with Crippen LogP contribution in [0, 0.1) is 11.3 Å². The van der Waals surface area contributed by atoms with Crippen LogP contribution < -0.4 is 10.2 Å². The van der Waals surface area contributed by atoms with Crippen molar-refractivity contribution < 1.29 is 9.59 Å². The molecule has 1 aliphatic rings. The number of para-hydroxylation sites is 1. The van der Waals surface area contributed by atoms with Crippen LogP contribution in [0.15, 0.2) is 84.6 Å². The molecule has 0 spiro atoms. The fourth-order valence-corrected chi connectivity index (χ4v) is 4.68. The molecule has 176 valence electrons. The van der Waals surface area contributed by atoms with Crippen LogP contribution in [-0.4, -0.2) is 21.5 Å². The number of hydrogen-bond donors (Lipinski definition) is 1. The number of nitrogens with zero attached hydrogens (tertiary/aromatic N) is 3. The Kier molecular flexibility index (Phi) is 6.19. The number of rotatable bonds is 5. The van der Waals surface area contributed by atoms with E-state index in [1.165, 1.54) is 4.90 Å². The molecule has 1 saturated heterocycles. The number of aryl methyl sites for hydroxylation is 1. The maximum absolute atomic E-state index is 13.5. The van der Waals surface area contributed by atoms with Crippen molar-refractivity contribution in [3.05, 3.63) is 107 Å². The second-order valence-corrected chi connectivity index (χ2v) is 8.86. The van der Waals surface area contributed by atoms with E-state index in [2.05, 4.69) is 18.3 Å². The number of hydrogen-bond acceptors (Lipinski definition) is 4. The van der Waals surface area contributed by atoms with Crippen molar-refractivity contribution in [2.24, 2.45) is 0 Å². The normalized spacial score (nSPS) is 14.8. The molecule has 3 aromatic carbocycles. The molecule has 0 saturated carbocycles. The van der Waals surface area contributed by atoms with Crippen LogP contribution in [0.2, 0.25) is 0 Å². The van der Waals surface area contributed by atoms with Crippen LogP contribution in [0.25, 0.3) is 17.0 Å². The van der Waals surface area contributed by atoms with E-state index >= 15 is 0 Å². The molecular weight excluding hydrogens is 468 g/mol. The van der Waals surface area contributed by atoms with E-state index in [1.54, 1.807) is 12.1 Å². The van der Waals surface area contributed by atoms with E-state index in [4.69, 9.17) is 12.2 Å². The van der Waals surface area contributed by atoms with Gasteiger partial charge in [-0.25, -0.2) is 0 Å². The molecule has 1 fully saturated rings. The molecule has 1 aromatic heterocycles. The molecule has 1 N–H and O–H groups in total. The molecule has 0 unspecified atom stereocenters. The van der Waals surface area contributed by atoms with Crippen LogP contribution in [0.5, 0.6) is 0 Å². The Hall–Kier alpha value is -4.54. The van der Waals surface area contributed by atoms with Gasteiger partial charge in [-0.3, -0.25) is 19.8 Å². The van der Waals surface area contributed by atoms with Gasteiger partial charge in [0.25, 0.3) is 11.8 Å². The van der Waals surface area contributed by atoms with Gasteiger partial charge in [0.05, 0.1) is 17.3 Å². The summed E-state index contributed by atoms with van der Waals surface area (Å²) in [5, 5.41) is 13.1. The minimum atomic E-state index is -0.530. The SMILES string of the molecule is CCc1ccc(N2C(=O)/C(=C/c3cn(Cc4ccccc4C#N)c4ccccc34)C(=O)NC2=S)cc1. The molecule has 0 atom stereocenters. The number of carbonyl (C=O) groups excluding carboxylic acids is 2. The van der Waals surface area contributed by atoms with E-state index in [9.17, 15) is 14.9 Å². The molecule has 0 radical (unpaired) electrons. The lowest BCUT2D eigenvalue weighted by Gasteiger charge is -2.29. The minimum absolute atomic E-state index is 0.00324. The zero-order chi connectivity index (χ0) is 25.2. The first-order chi connectivity index (χ1) is 17.5. The van der Waals surface area contributed by atoms with Crippen molar-refractivity contribution in [1.82, 2.24) is 9.88 Å². The Morgan fingerprint density at radius 1 is 1.00 bits per heavy atom. The van der Waals surface area contributed by atoms with Gasteiger partial charge in [0.1, 0.15) is 5.57 Å². The Morgan fingerprint density at radius 2 is 1.72 bits per heavy atom. The summed E-state index contributed by atoms with van der Waals surface area (Å²) in [5.74, 6) is -1.00. The van der Waals surface area contributed by atoms with Crippen LogP contribution in [0.1, 0.15) is 29.2 Å². The second-order valence-electron chi connectivity index (χ2n) is 8.48. The van der Waals surface area contributed by atoms with Gasteiger partial charge in [-0.05, 0) is 60.1 Å². The molecular formula is C29H22N4O2S. The minimum Gasteiger partial charge on any atom is -0.342 e. The first-order valence-electron chi connectivity index (χ1n) is 11.6. The summed E-state index contributed by atoms with van der Waals surface area (Å²) in [4.78, 5) is 27.7. The topological polar surface area (TPSA) is 78.1 Å².